The Morgan fingerprint density at radius 3 is 2.38 bits per heavy atom. The number of hydrogen-bond acceptors (Lipinski definition) is 4. The first-order valence-corrected chi connectivity index (χ1v) is 12.1. The molecule has 29 heavy (non-hydrogen) atoms. The Morgan fingerprint density at radius 1 is 1.07 bits per heavy atom. The van der Waals surface area contributed by atoms with Crippen molar-refractivity contribution in [2.45, 2.75) is 69.0 Å². The number of amides is 2. The smallest absolute Gasteiger partial charge is 0.331 e. The zero-order chi connectivity index (χ0) is 20.1. The van der Waals surface area contributed by atoms with E-state index in [0.29, 0.717) is 24.2 Å². The number of carbonyl (C=O) groups is 1. The fourth-order valence-corrected chi connectivity index (χ4v) is 6.52. The van der Waals surface area contributed by atoms with E-state index >= 15 is 0 Å². The third-order valence-corrected chi connectivity index (χ3v) is 8.13. The molecule has 0 spiro atoms. The van der Waals surface area contributed by atoms with Crippen LogP contribution < -0.4 is 10.0 Å². The van der Waals surface area contributed by atoms with E-state index < -0.39 is 23.1 Å². The number of benzene rings is 1. The van der Waals surface area contributed by atoms with Gasteiger partial charge in [-0.15, -0.1) is 0 Å². The minimum Gasteiger partial charge on any atom is -0.450 e. The maximum Gasteiger partial charge on any atom is 0.331 e. The van der Waals surface area contributed by atoms with Gasteiger partial charge in [0.05, 0.1) is 6.10 Å². The predicted octanol–water partition coefficient (Wildman–Crippen LogP) is 4.23. The number of anilines is 1. The highest BCUT2D eigenvalue weighted by atomic mass is 79.9. The SMILES string of the molecule is O=C(Nc1c2c(c(Br)c3c1CCC3)CCC2)NS(=O)c1cc2c(o1)CCCC2O. The summed E-state index contributed by atoms with van der Waals surface area (Å²) in [4.78, 5) is 12.7. The molecule has 5 rings (SSSR count). The van der Waals surface area contributed by atoms with Gasteiger partial charge in [-0.05, 0) is 73.6 Å². The van der Waals surface area contributed by atoms with Crippen molar-refractivity contribution in [2.75, 3.05) is 5.32 Å². The van der Waals surface area contributed by atoms with E-state index in [4.69, 9.17) is 4.42 Å². The van der Waals surface area contributed by atoms with Crippen molar-refractivity contribution in [3.63, 3.8) is 0 Å². The van der Waals surface area contributed by atoms with Gasteiger partial charge in [-0.3, -0.25) is 0 Å². The van der Waals surface area contributed by atoms with Gasteiger partial charge in [0.1, 0.15) is 5.76 Å². The van der Waals surface area contributed by atoms with Crippen molar-refractivity contribution in [2.24, 2.45) is 0 Å². The molecule has 3 N–H and O–H groups in total. The quantitative estimate of drug-likeness (QED) is 0.615. The highest BCUT2D eigenvalue weighted by Gasteiger charge is 2.29. The Hall–Kier alpha value is -1.64. The second-order valence-corrected chi connectivity index (χ2v) is 9.92. The van der Waals surface area contributed by atoms with E-state index in [2.05, 4.69) is 26.0 Å². The largest absolute Gasteiger partial charge is 0.450 e. The molecule has 0 saturated heterocycles. The number of fused-ring (bicyclic) bond motifs is 3. The van der Waals surface area contributed by atoms with Crippen LogP contribution in [0.25, 0.3) is 0 Å². The molecule has 0 radical (unpaired) electrons. The van der Waals surface area contributed by atoms with E-state index in [9.17, 15) is 14.1 Å². The summed E-state index contributed by atoms with van der Waals surface area (Å²) >= 11 is 3.78. The summed E-state index contributed by atoms with van der Waals surface area (Å²) in [6.45, 7) is 0. The first-order valence-electron chi connectivity index (χ1n) is 10.2. The Kier molecular flexibility index (Phi) is 5.04. The summed E-state index contributed by atoms with van der Waals surface area (Å²) in [5, 5.41) is 13.2. The molecule has 2 aromatic rings. The van der Waals surface area contributed by atoms with Gasteiger partial charge >= 0.3 is 6.03 Å². The number of hydrogen-bond donors (Lipinski definition) is 3. The number of furan rings is 1. The molecule has 6 nitrogen and oxygen atoms in total. The van der Waals surface area contributed by atoms with Gasteiger partial charge in [0, 0.05) is 28.2 Å². The Morgan fingerprint density at radius 2 is 1.72 bits per heavy atom. The molecule has 154 valence electrons. The van der Waals surface area contributed by atoms with Crippen LogP contribution in [0, 0.1) is 0 Å². The molecule has 2 unspecified atom stereocenters. The zero-order valence-electron chi connectivity index (χ0n) is 16.0. The van der Waals surface area contributed by atoms with Gasteiger partial charge in [-0.1, -0.05) is 15.9 Å². The molecule has 8 heteroatoms. The summed E-state index contributed by atoms with van der Waals surface area (Å²) in [6.07, 6.45) is 7.73. The highest BCUT2D eigenvalue weighted by Crippen LogP contribution is 2.44. The maximum absolute atomic E-state index is 12.7. The fraction of sp³-hybridized carbons (Fsp3) is 0.476. The predicted molar refractivity (Wildman–Crippen MR) is 113 cm³/mol. The first kappa shape index (κ1) is 19.3. The maximum atomic E-state index is 12.7. The van der Waals surface area contributed by atoms with Crippen LogP contribution in [0.3, 0.4) is 0 Å². The molecule has 3 aliphatic rings. The number of aliphatic hydroxyl groups excluding tert-OH is 1. The number of carbonyl (C=O) groups excluding carboxylic acids is 1. The van der Waals surface area contributed by atoms with Gasteiger partial charge in [-0.2, -0.15) is 0 Å². The minimum absolute atomic E-state index is 0.178. The van der Waals surface area contributed by atoms with Crippen molar-refractivity contribution in [3.8, 4) is 0 Å². The van der Waals surface area contributed by atoms with Crippen molar-refractivity contribution in [1.29, 1.82) is 0 Å². The Bertz CT molecular complexity index is 997. The number of nitrogens with one attached hydrogen (secondary N) is 2. The van der Waals surface area contributed by atoms with Crippen LogP contribution in [0.5, 0.6) is 0 Å². The summed E-state index contributed by atoms with van der Waals surface area (Å²) < 4.78 is 22.0. The lowest BCUT2D eigenvalue weighted by molar-refractivity contribution is 0.152. The minimum atomic E-state index is -1.82. The van der Waals surface area contributed by atoms with E-state index in [0.717, 1.165) is 50.6 Å². The number of halogens is 1. The number of urea groups is 1. The van der Waals surface area contributed by atoms with Gasteiger partial charge < -0.3 is 14.8 Å². The van der Waals surface area contributed by atoms with Crippen molar-refractivity contribution >= 4 is 38.6 Å². The van der Waals surface area contributed by atoms with E-state index in [1.807, 2.05) is 0 Å². The standard InChI is InChI=1S/C21H23BrN2O4S/c22-19-11-4-1-6-13(11)20(14-7-2-5-12(14)19)23-21(26)24-29(27)18-10-15-16(25)8-3-9-17(15)28-18/h10,16,25H,1-9H2,(H2,23,24,26). The van der Waals surface area contributed by atoms with Crippen LogP contribution in [0.4, 0.5) is 10.5 Å². The monoisotopic (exact) mass is 478 g/mol. The normalized spacial score (nSPS) is 20.7. The van der Waals surface area contributed by atoms with Gasteiger partial charge in [0.2, 0.25) is 5.09 Å². The molecule has 0 bridgehead atoms. The molecular weight excluding hydrogens is 456 g/mol. The first-order chi connectivity index (χ1) is 14.0. The van der Waals surface area contributed by atoms with Gasteiger partial charge in [0.25, 0.3) is 0 Å². The van der Waals surface area contributed by atoms with Crippen LogP contribution in [0.15, 0.2) is 20.0 Å². The average molecular weight is 479 g/mol. The van der Waals surface area contributed by atoms with Crippen LogP contribution in [0.2, 0.25) is 0 Å². The molecule has 0 aliphatic heterocycles. The summed E-state index contributed by atoms with van der Waals surface area (Å²) in [5.74, 6) is 0.665. The fourth-order valence-electron chi connectivity index (χ4n) is 4.91. The molecule has 1 aromatic heterocycles. The zero-order valence-corrected chi connectivity index (χ0v) is 18.4. The molecule has 1 aromatic carbocycles. The number of rotatable bonds is 3. The van der Waals surface area contributed by atoms with E-state index in [1.165, 1.54) is 26.7 Å². The average Bonchev–Trinajstić information content (AvgIpc) is 3.44. The Balaban J connectivity index is 1.36. The lowest BCUT2D eigenvalue weighted by Crippen LogP contribution is -2.31. The highest BCUT2D eigenvalue weighted by molar-refractivity contribution is 9.10. The molecule has 2 atom stereocenters. The summed E-state index contributed by atoms with van der Waals surface area (Å²) in [5.41, 5.74) is 6.59. The van der Waals surface area contributed by atoms with Crippen LogP contribution in [-0.4, -0.2) is 15.3 Å². The van der Waals surface area contributed by atoms with E-state index in [1.54, 1.807) is 6.07 Å². The second kappa shape index (κ2) is 7.56. The van der Waals surface area contributed by atoms with Gasteiger partial charge in [-0.25, -0.2) is 13.7 Å². The molecule has 3 aliphatic carbocycles. The van der Waals surface area contributed by atoms with Crippen LogP contribution in [0.1, 0.15) is 65.4 Å². The number of aryl methyl sites for hydroxylation is 1. The van der Waals surface area contributed by atoms with Gasteiger partial charge in [0.15, 0.2) is 11.0 Å². The lowest BCUT2D eigenvalue weighted by atomic mass is 9.96. The second-order valence-electron chi connectivity index (χ2n) is 7.99. The molecule has 0 fully saturated rings. The summed E-state index contributed by atoms with van der Waals surface area (Å²) in [7, 11) is -1.82. The number of aliphatic hydroxyl groups is 1. The van der Waals surface area contributed by atoms with Crippen LogP contribution in [-0.2, 0) is 43.1 Å². The topological polar surface area (TPSA) is 91.6 Å². The lowest BCUT2D eigenvalue weighted by Gasteiger charge is -2.18. The Labute approximate surface area is 180 Å². The third kappa shape index (κ3) is 3.35. The van der Waals surface area contributed by atoms with Crippen molar-refractivity contribution in [1.82, 2.24) is 4.72 Å². The molecule has 0 saturated carbocycles. The van der Waals surface area contributed by atoms with Crippen LogP contribution >= 0.6 is 15.9 Å². The molecule has 1 heterocycles. The third-order valence-electron chi connectivity index (χ3n) is 6.24. The summed E-state index contributed by atoms with van der Waals surface area (Å²) in [6, 6.07) is 1.11. The van der Waals surface area contributed by atoms with Crippen molar-refractivity contribution in [3.05, 3.63) is 44.1 Å². The van der Waals surface area contributed by atoms with Crippen molar-refractivity contribution < 1.29 is 18.5 Å². The molecular formula is C21H23BrN2O4S. The van der Waals surface area contributed by atoms with E-state index in [-0.39, 0.29) is 5.09 Å². The molecule has 2 amide bonds.